The summed E-state index contributed by atoms with van der Waals surface area (Å²) in [6.07, 6.45) is 3.75. The van der Waals surface area contributed by atoms with Crippen molar-refractivity contribution in [2.24, 2.45) is 5.73 Å². The number of rotatable bonds is 5. The van der Waals surface area contributed by atoms with Crippen molar-refractivity contribution >= 4 is 0 Å². The summed E-state index contributed by atoms with van der Waals surface area (Å²) in [4.78, 5) is 4.27. The predicted molar refractivity (Wildman–Crippen MR) is 71.3 cm³/mol. The lowest BCUT2D eigenvalue weighted by Crippen LogP contribution is -2.06. The first-order chi connectivity index (χ1) is 8.70. The lowest BCUT2D eigenvalue weighted by Gasteiger charge is -2.09. The fourth-order valence-corrected chi connectivity index (χ4v) is 1.78. The molecule has 0 radical (unpaired) electrons. The zero-order valence-corrected chi connectivity index (χ0v) is 10.8. The molecule has 2 aromatic rings. The van der Waals surface area contributed by atoms with Gasteiger partial charge in [-0.05, 0) is 31.5 Å². The monoisotopic (exact) mass is 245 g/mol. The zero-order valence-electron chi connectivity index (χ0n) is 10.8. The molecule has 1 heterocycles. The first kappa shape index (κ1) is 12.6. The third-order valence-electron chi connectivity index (χ3n) is 2.92. The van der Waals surface area contributed by atoms with E-state index in [1.807, 2.05) is 37.4 Å². The van der Waals surface area contributed by atoms with Crippen LogP contribution in [0.3, 0.4) is 0 Å². The first-order valence-corrected chi connectivity index (χ1v) is 6.19. The minimum Gasteiger partial charge on any atom is -0.486 e. The minimum absolute atomic E-state index is 0.0537. The molecule has 1 unspecified atom stereocenters. The van der Waals surface area contributed by atoms with Gasteiger partial charge in [0.15, 0.2) is 0 Å². The lowest BCUT2D eigenvalue weighted by atomic mass is 10.1. The molecule has 0 aliphatic carbocycles. The highest BCUT2D eigenvalue weighted by Gasteiger charge is 2.03. The van der Waals surface area contributed by atoms with Crippen LogP contribution in [0, 0.1) is 0 Å². The van der Waals surface area contributed by atoms with Crippen molar-refractivity contribution in [1.29, 1.82) is 0 Å². The van der Waals surface area contributed by atoms with E-state index in [2.05, 4.69) is 16.5 Å². The highest BCUT2D eigenvalue weighted by Crippen LogP contribution is 2.17. The Morgan fingerprint density at radius 3 is 2.67 bits per heavy atom. The number of nitrogens with zero attached hydrogens (tertiary/aromatic N) is 2. The minimum atomic E-state index is 0.0537. The molecule has 0 bridgehead atoms. The summed E-state index contributed by atoms with van der Waals surface area (Å²) in [6.45, 7) is 5.44. The van der Waals surface area contributed by atoms with Gasteiger partial charge in [0, 0.05) is 25.0 Å². The summed E-state index contributed by atoms with van der Waals surface area (Å²) >= 11 is 0. The van der Waals surface area contributed by atoms with Gasteiger partial charge in [0.25, 0.3) is 0 Å². The van der Waals surface area contributed by atoms with E-state index in [9.17, 15) is 0 Å². The van der Waals surface area contributed by atoms with E-state index >= 15 is 0 Å². The Morgan fingerprint density at radius 1 is 1.33 bits per heavy atom. The van der Waals surface area contributed by atoms with Gasteiger partial charge in [-0.15, -0.1) is 0 Å². The number of nitrogens with two attached hydrogens (primary N) is 1. The second-order valence-electron chi connectivity index (χ2n) is 4.28. The Labute approximate surface area is 107 Å². The molecule has 0 aliphatic heterocycles. The van der Waals surface area contributed by atoms with Crippen LogP contribution in [0.5, 0.6) is 5.75 Å². The third-order valence-corrected chi connectivity index (χ3v) is 2.92. The number of ether oxygens (including phenoxy) is 1. The summed E-state index contributed by atoms with van der Waals surface area (Å²) in [5.41, 5.74) is 6.91. The van der Waals surface area contributed by atoms with E-state index in [0.717, 1.165) is 23.7 Å². The van der Waals surface area contributed by atoms with Gasteiger partial charge in [0.2, 0.25) is 0 Å². The summed E-state index contributed by atoms with van der Waals surface area (Å²) in [5, 5.41) is 0. The number of aromatic nitrogens is 2. The largest absolute Gasteiger partial charge is 0.486 e. The number of aryl methyl sites for hydroxylation is 1. The molecule has 4 heteroatoms. The summed E-state index contributed by atoms with van der Waals surface area (Å²) in [6, 6.07) is 7.92. The van der Waals surface area contributed by atoms with E-state index in [4.69, 9.17) is 10.5 Å². The Balaban J connectivity index is 1.98. The molecule has 96 valence electrons. The van der Waals surface area contributed by atoms with Crippen molar-refractivity contribution < 1.29 is 4.74 Å². The molecule has 4 nitrogen and oxygen atoms in total. The van der Waals surface area contributed by atoms with Gasteiger partial charge in [-0.25, -0.2) is 4.98 Å². The van der Waals surface area contributed by atoms with Crippen LogP contribution in [-0.4, -0.2) is 9.55 Å². The van der Waals surface area contributed by atoms with Gasteiger partial charge in [-0.2, -0.15) is 0 Å². The highest BCUT2D eigenvalue weighted by molar-refractivity contribution is 5.28. The van der Waals surface area contributed by atoms with E-state index in [1.165, 1.54) is 0 Å². The Kier molecular flexibility index (Phi) is 3.99. The fourth-order valence-electron chi connectivity index (χ4n) is 1.78. The molecule has 0 spiro atoms. The SMILES string of the molecule is CCn1ccnc1COc1ccc(C(C)N)cc1. The average molecular weight is 245 g/mol. The molecular formula is C14H19N3O. The molecule has 2 rings (SSSR count). The second kappa shape index (κ2) is 5.69. The molecule has 0 amide bonds. The normalized spacial score (nSPS) is 12.4. The molecule has 1 atom stereocenters. The zero-order chi connectivity index (χ0) is 13.0. The number of benzene rings is 1. The van der Waals surface area contributed by atoms with Gasteiger partial charge in [0.05, 0.1) is 0 Å². The number of imidazole rings is 1. The van der Waals surface area contributed by atoms with E-state index in [1.54, 1.807) is 6.20 Å². The van der Waals surface area contributed by atoms with Crippen LogP contribution in [-0.2, 0) is 13.2 Å². The van der Waals surface area contributed by atoms with E-state index in [-0.39, 0.29) is 6.04 Å². The van der Waals surface area contributed by atoms with Crippen LogP contribution < -0.4 is 10.5 Å². The second-order valence-corrected chi connectivity index (χ2v) is 4.28. The molecule has 18 heavy (non-hydrogen) atoms. The number of hydrogen-bond acceptors (Lipinski definition) is 3. The van der Waals surface area contributed by atoms with Crippen molar-refractivity contribution in [3.05, 3.63) is 48.0 Å². The predicted octanol–water partition coefficient (Wildman–Crippen LogP) is 2.50. The number of hydrogen-bond donors (Lipinski definition) is 1. The van der Waals surface area contributed by atoms with Gasteiger partial charge in [-0.3, -0.25) is 0 Å². The van der Waals surface area contributed by atoms with E-state index < -0.39 is 0 Å². The standard InChI is InChI=1S/C14H19N3O/c1-3-17-9-8-16-14(17)10-18-13-6-4-12(5-7-13)11(2)15/h4-9,11H,3,10,15H2,1-2H3. The van der Waals surface area contributed by atoms with Crippen molar-refractivity contribution in [1.82, 2.24) is 9.55 Å². The average Bonchev–Trinajstić information content (AvgIpc) is 2.84. The van der Waals surface area contributed by atoms with Gasteiger partial charge in [-0.1, -0.05) is 12.1 Å². The molecule has 2 N–H and O–H groups in total. The lowest BCUT2D eigenvalue weighted by molar-refractivity contribution is 0.290. The first-order valence-electron chi connectivity index (χ1n) is 6.19. The molecule has 0 saturated carbocycles. The quantitative estimate of drug-likeness (QED) is 0.880. The van der Waals surface area contributed by atoms with Gasteiger partial charge in [0.1, 0.15) is 18.2 Å². The van der Waals surface area contributed by atoms with Crippen molar-refractivity contribution in [2.75, 3.05) is 0 Å². The van der Waals surface area contributed by atoms with Crippen LogP contribution >= 0.6 is 0 Å². The molecule has 1 aromatic carbocycles. The maximum Gasteiger partial charge on any atom is 0.146 e. The topological polar surface area (TPSA) is 53.1 Å². The molecule has 0 aliphatic rings. The third kappa shape index (κ3) is 2.90. The van der Waals surface area contributed by atoms with Crippen LogP contribution in [0.4, 0.5) is 0 Å². The van der Waals surface area contributed by atoms with E-state index in [0.29, 0.717) is 6.61 Å². The Bertz CT molecular complexity index is 488. The van der Waals surface area contributed by atoms with Gasteiger partial charge < -0.3 is 15.0 Å². The molecule has 0 saturated heterocycles. The highest BCUT2D eigenvalue weighted by atomic mass is 16.5. The van der Waals surface area contributed by atoms with Crippen molar-refractivity contribution in [3.63, 3.8) is 0 Å². The molecule has 0 fully saturated rings. The maximum absolute atomic E-state index is 5.80. The summed E-state index contributed by atoms with van der Waals surface area (Å²) in [5.74, 6) is 1.78. The van der Waals surface area contributed by atoms with Crippen molar-refractivity contribution in [2.45, 2.75) is 33.0 Å². The summed E-state index contributed by atoms with van der Waals surface area (Å²) in [7, 11) is 0. The Morgan fingerprint density at radius 2 is 2.06 bits per heavy atom. The van der Waals surface area contributed by atoms with Crippen LogP contribution in [0.25, 0.3) is 0 Å². The van der Waals surface area contributed by atoms with Gasteiger partial charge >= 0.3 is 0 Å². The molecular weight excluding hydrogens is 226 g/mol. The Hall–Kier alpha value is -1.81. The smallest absolute Gasteiger partial charge is 0.146 e. The van der Waals surface area contributed by atoms with Crippen molar-refractivity contribution in [3.8, 4) is 5.75 Å². The maximum atomic E-state index is 5.80. The fraction of sp³-hybridized carbons (Fsp3) is 0.357. The molecule has 1 aromatic heterocycles. The van der Waals surface area contributed by atoms with Crippen LogP contribution in [0.15, 0.2) is 36.7 Å². The van der Waals surface area contributed by atoms with Crippen LogP contribution in [0.1, 0.15) is 31.3 Å². The summed E-state index contributed by atoms with van der Waals surface area (Å²) < 4.78 is 7.77. The van der Waals surface area contributed by atoms with Crippen LogP contribution in [0.2, 0.25) is 0 Å².